The van der Waals surface area contributed by atoms with Crippen LogP contribution in [0.5, 0.6) is 0 Å². The first-order valence-corrected chi connectivity index (χ1v) is 10.3. The number of aromatic amines is 1. The van der Waals surface area contributed by atoms with E-state index in [1.165, 1.54) is 12.1 Å². The van der Waals surface area contributed by atoms with Crippen LogP contribution < -0.4 is 16.6 Å². The lowest BCUT2D eigenvalue weighted by Gasteiger charge is -2.36. The van der Waals surface area contributed by atoms with Gasteiger partial charge in [-0.05, 0) is 36.6 Å². The van der Waals surface area contributed by atoms with Crippen molar-refractivity contribution in [3.8, 4) is 6.07 Å². The van der Waals surface area contributed by atoms with Crippen molar-refractivity contribution in [3.05, 3.63) is 52.4 Å². The Morgan fingerprint density at radius 2 is 1.94 bits per heavy atom. The van der Waals surface area contributed by atoms with Gasteiger partial charge in [0, 0.05) is 11.9 Å². The van der Waals surface area contributed by atoms with Crippen LogP contribution in [0.15, 0.2) is 41.3 Å². The topological polar surface area (TPSA) is 113 Å². The van der Waals surface area contributed by atoms with Crippen LogP contribution in [0, 0.1) is 11.3 Å². The van der Waals surface area contributed by atoms with Crippen molar-refractivity contribution in [3.63, 3.8) is 0 Å². The Bertz CT molecular complexity index is 1160. The number of aromatic nitrogens is 3. The van der Waals surface area contributed by atoms with Crippen LogP contribution >= 0.6 is 0 Å². The molecule has 1 aliphatic rings. The first-order valence-electron chi connectivity index (χ1n) is 10.3. The molecule has 0 radical (unpaired) electrons. The SMILES string of the molecule is N#CCC1(n2nc(Nc3ccc(C(N)C(F)F)cc3)c3c(=O)[nH]ccc32)CCCCC1. The Balaban J connectivity index is 1.76. The molecule has 7 nitrogen and oxygen atoms in total. The Hall–Kier alpha value is -3.25. The minimum absolute atomic E-state index is 0.287. The lowest BCUT2D eigenvalue weighted by atomic mass is 9.79. The van der Waals surface area contributed by atoms with Crippen LogP contribution in [0.2, 0.25) is 0 Å². The molecule has 0 spiro atoms. The van der Waals surface area contributed by atoms with E-state index in [0.29, 0.717) is 34.4 Å². The molecule has 4 rings (SSSR count). The van der Waals surface area contributed by atoms with Crippen LogP contribution in [-0.4, -0.2) is 21.2 Å². The van der Waals surface area contributed by atoms with E-state index in [2.05, 4.69) is 16.4 Å². The minimum Gasteiger partial charge on any atom is -0.338 e. The van der Waals surface area contributed by atoms with Gasteiger partial charge >= 0.3 is 0 Å². The number of rotatable bonds is 6. The Morgan fingerprint density at radius 1 is 1.23 bits per heavy atom. The number of H-pyrrole nitrogens is 1. The monoisotopic (exact) mass is 426 g/mol. The van der Waals surface area contributed by atoms with Gasteiger partial charge in [0.2, 0.25) is 0 Å². The average molecular weight is 426 g/mol. The number of alkyl halides is 2. The van der Waals surface area contributed by atoms with E-state index in [1.54, 1.807) is 24.4 Å². The molecule has 1 aliphatic carbocycles. The standard InChI is InChI=1S/C22H24F2N6O/c23-19(24)18(26)14-4-6-15(7-5-14)28-20-17-16(8-13-27-21(17)31)30(29-20)22(11-12-25)9-2-1-3-10-22/h4-8,13,18-19H,1-3,9-11,26H2,(H,27,31)(H,28,29). The number of nitrogens with one attached hydrogen (secondary N) is 2. The van der Waals surface area contributed by atoms with Crippen molar-refractivity contribution in [2.45, 2.75) is 56.5 Å². The molecular formula is C22H24F2N6O. The largest absolute Gasteiger partial charge is 0.338 e. The Kier molecular flexibility index (Phi) is 5.74. The maximum absolute atomic E-state index is 12.8. The van der Waals surface area contributed by atoms with Crippen molar-refractivity contribution < 1.29 is 8.78 Å². The van der Waals surface area contributed by atoms with Crippen molar-refractivity contribution in [1.29, 1.82) is 5.26 Å². The van der Waals surface area contributed by atoms with Crippen molar-refractivity contribution in [1.82, 2.24) is 14.8 Å². The summed E-state index contributed by atoms with van der Waals surface area (Å²) in [6.07, 6.45) is 4.01. The molecule has 162 valence electrons. The molecule has 0 saturated heterocycles. The highest BCUT2D eigenvalue weighted by Crippen LogP contribution is 2.40. The average Bonchev–Trinajstić information content (AvgIpc) is 3.15. The van der Waals surface area contributed by atoms with Crippen LogP contribution in [0.25, 0.3) is 10.9 Å². The van der Waals surface area contributed by atoms with Crippen molar-refractivity contribution in [2.75, 3.05) is 5.32 Å². The van der Waals surface area contributed by atoms with Gasteiger partial charge in [0.05, 0.1) is 29.6 Å². The van der Waals surface area contributed by atoms with Crippen molar-refractivity contribution >= 4 is 22.4 Å². The number of hydrogen-bond acceptors (Lipinski definition) is 5. The summed E-state index contributed by atoms with van der Waals surface area (Å²) in [5.74, 6) is 0.366. The molecule has 1 saturated carbocycles. The minimum atomic E-state index is -2.65. The molecule has 3 aromatic rings. The first kappa shape index (κ1) is 21.0. The third kappa shape index (κ3) is 3.91. The van der Waals surface area contributed by atoms with E-state index in [0.717, 1.165) is 32.1 Å². The molecule has 0 aliphatic heterocycles. The summed E-state index contributed by atoms with van der Waals surface area (Å²) >= 11 is 0. The van der Waals surface area contributed by atoms with E-state index in [-0.39, 0.29) is 5.56 Å². The maximum atomic E-state index is 12.8. The number of fused-ring (bicyclic) bond motifs is 1. The number of halogens is 2. The molecule has 0 amide bonds. The Labute approximate surface area is 177 Å². The molecule has 9 heteroatoms. The molecule has 0 bridgehead atoms. The fraction of sp³-hybridized carbons (Fsp3) is 0.409. The summed E-state index contributed by atoms with van der Waals surface area (Å²) in [6, 6.07) is 9.06. The van der Waals surface area contributed by atoms with Gasteiger partial charge < -0.3 is 16.0 Å². The molecule has 2 heterocycles. The second-order valence-corrected chi connectivity index (χ2v) is 8.05. The summed E-state index contributed by atoms with van der Waals surface area (Å²) in [7, 11) is 0. The third-order valence-corrected chi connectivity index (χ3v) is 6.08. The number of hydrogen-bond donors (Lipinski definition) is 3. The third-order valence-electron chi connectivity index (χ3n) is 6.08. The zero-order valence-electron chi connectivity index (χ0n) is 16.9. The molecule has 1 aromatic carbocycles. The maximum Gasteiger partial charge on any atom is 0.261 e. The van der Waals surface area contributed by atoms with Crippen LogP contribution in [0.1, 0.15) is 50.1 Å². The summed E-state index contributed by atoms with van der Waals surface area (Å²) in [5.41, 5.74) is 6.35. The van der Waals surface area contributed by atoms with Gasteiger partial charge in [-0.3, -0.25) is 9.48 Å². The number of benzene rings is 1. The number of pyridine rings is 1. The van der Waals surface area contributed by atoms with Gasteiger partial charge in [0.1, 0.15) is 5.39 Å². The molecular weight excluding hydrogens is 402 g/mol. The fourth-order valence-corrected chi connectivity index (χ4v) is 4.42. The molecule has 31 heavy (non-hydrogen) atoms. The van der Waals surface area contributed by atoms with Gasteiger partial charge in [0.15, 0.2) is 5.82 Å². The first-order chi connectivity index (χ1) is 14.9. The van der Waals surface area contributed by atoms with Gasteiger partial charge in [-0.25, -0.2) is 8.78 Å². The highest BCUT2D eigenvalue weighted by atomic mass is 19.3. The highest BCUT2D eigenvalue weighted by molar-refractivity contribution is 5.91. The summed E-state index contributed by atoms with van der Waals surface area (Å²) in [4.78, 5) is 15.3. The second-order valence-electron chi connectivity index (χ2n) is 8.05. The smallest absolute Gasteiger partial charge is 0.261 e. The molecule has 4 N–H and O–H groups in total. The van der Waals surface area contributed by atoms with E-state index >= 15 is 0 Å². The quantitative estimate of drug-likeness (QED) is 0.544. The Morgan fingerprint density at radius 3 is 2.58 bits per heavy atom. The van der Waals surface area contributed by atoms with Gasteiger partial charge in [0.25, 0.3) is 12.0 Å². The van der Waals surface area contributed by atoms with Gasteiger partial charge in [-0.2, -0.15) is 10.4 Å². The van der Waals surface area contributed by atoms with E-state index in [9.17, 15) is 18.8 Å². The van der Waals surface area contributed by atoms with Gasteiger partial charge in [-0.15, -0.1) is 0 Å². The number of nitrogens with zero attached hydrogens (tertiary/aromatic N) is 3. The zero-order valence-corrected chi connectivity index (χ0v) is 16.9. The molecule has 1 atom stereocenters. The fourth-order valence-electron chi connectivity index (χ4n) is 4.42. The van der Waals surface area contributed by atoms with E-state index in [4.69, 9.17) is 10.8 Å². The summed E-state index contributed by atoms with van der Waals surface area (Å²) in [6.45, 7) is 0. The van der Waals surface area contributed by atoms with Gasteiger partial charge in [-0.1, -0.05) is 31.4 Å². The predicted octanol–water partition coefficient (Wildman–Crippen LogP) is 4.31. The van der Waals surface area contributed by atoms with E-state index in [1.807, 2.05) is 4.68 Å². The second kappa shape index (κ2) is 8.47. The van der Waals surface area contributed by atoms with Crippen LogP contribution in [0.3, 0.4) is 0 Å². The molecule has 1 unspecified atom stereocenters. The normalized spacial score (nSPS) is 16.9. The zero-order chi connectivity index (χ0) is 22.0. The predicted molar refractivity (Wildman–Crippen MR) is 114 cm³/mol. The lowest BCUT2D eigenvalue weighted by Crippen LogP contribution is -2.36. The summed E-state index contributed by atoms with van der Waals surface area (Å²) < 4.78 is 27.5. The van der Waals surface area contributed by atoms with Crippen LogP contribution in [0.4, 0.5) is 20.3 Å². The molecule has 1 fully saturated rings. The number of nitriles is 1. The highest BCUT2D eigenvalue weighted by Gasteiger charge is 2.37. The van der Waals surface area contributed by atoms with Crippen LogP contribution in [-0.2, 0) is 5.54 Å². The molecule has 2 aromatic heterocycles. The number of nitrogens with two attached hydrogens (primary N) is 1. The van der Waals surface area contributed by atoms with Crippen molar-refractivity contribution in [2.24, 2.45) is 5.73 Å². The van der Waals surface area contributed by atoms with E-state index < -0.39 is 18.0 Å². The number of anilines is 2. The summed E-state index contributed by atoms with van der Waals surface area (Å²) in [5, 5.41) is 17.8. The lowest BCUT2D eigenvalue weighted by molar-refractivity contribution is 0.116.